The number of aliphatic carboxylic acids is 1. The van der Waals surface area contributed by atoms with Crippen LogP contribution in [0.4, 0.5) is 4.39 Å². The maximum Gasteiger partial charge on any atom is 0.307 e. The number of aliphatic hydroxyl groups excluding tert-OH is 1. The molecule has 4 aliphatic rings. The summed E-state index contributed by atoms with van der Waals surface area (Å²) in [6.45, 7) is 3.70. The zero-order chi connectivity index (χ0) is 18.2. The number of hydrogen-bond acceptors (Lipinski definition) is 3. The molecular weight excluding hydrogens is 323 g/mol. The number of halogens is 1. The molecule has 4 rings (SSSR count). The second-order valence-electron chi connectivity index (χ2n) is 8.82. The summed E-state index contributed by atoms with van der Waals surface area (Å²) in [5.74, 6) is -1.92. The number of hydrogen-bond donors (Lipinski definition) is 2. The van der Waals surface area contributed by atoms with Gasteiger partial charge < -0.3 is 10.2 Å². The lowest BCUT2D eigenvalue weighted by molar-refractivity contribution is -0.198. The first-order valence-electron chi connectivity index (χ1n) is 9.18. The molecule has 0 aromatic heterocycles. The molecule has 25 heavy (non-hydrogen) atoms. The van der Waals surface area contributed by atoms with Crippen molar-refractivity contribution in [3.8, 4) is 0 Å². The zero-order valence-corrected chi connectivity index (χ0v) is 14.7. The minimum Gasteiger partial charge on any atom is -0.481 e. The van der Waals surface area contributed by atoms with Gasteiger partial charge in [-0.05, 0) is 62.5 Å². The first-order chi connectivity index (χ1) is 11.6. The zero-order valence-electron chi connectivity index (χ0n) is 14.7. The van der Waals surface area contributed by atoms with Crippen LogP contribution in [0.25, 0.3) is 0 Å². The van der Waals surface area contributed by atoms with Gasteiger partial charge in [-0.15, -0.1) is 0 Å². The molecule has 0 radical (unpaired) electrons. The standard InChI is InChI=1S/C20H25FO4/c1-18-10-16(23)20(21)14(13(18)5-6-15(18)17(24)25)4-3-11-9-12(22)7-8-19(11,20)2/h7-9,13-16,23H,3-6,10H2,1-2H3,(H,24,25)/t13-,14?,15?,16-,18?,19?,20-/m0/s1. The number of ketones is 1. The Bertz CT molecular complexity index is 712. The Morgan fingerprint density at radius 1 is 1.24 bits per heavy atom. The van der Waals surface area contributed by atoms with Gasteiger partial charge in [0.05, 0.1) is 12.0 Å². The first kappa shape index (κ1) is 17.0. The Morgan fingerprint density at radius 2 is 1.96 bits per heavy atom. The largest absolute Gasteiger partial charge is 0.481 e. The lowest BCUT2D eigenvalue weighted by atomic mass is 9.45. The number of carboxylic acids is 1. The van der Waals surface area contributed by atoms with Gasteiger partial charge in [-0.25, -0.2) is 4.39 Å². The van der Waals surface area contributed by atoms with Gasteiger partial charge in [-0.3, -0.25) is 9.59 Å². The molecule has 136 valence electrons. The second-order valence-corrected chi connectivity index (χ2v) is 8.82. The molecule has 2 N–H and O–H groups in total. The van der Waals surface area contributed by atoms with Crippen LogP contribution in [-0.4, -0.2) is 33.7 Å². The van der Waals surface area contributed by atoms with Crippen LogP contribution in [0.1, 0.15) is 46.0 Å². The number of fused-ring (bicyclic) bond motifs is 5. The van der Waals surface area contributed by atoms with Crippen LogP contribution in [0.15, 0.2) is 23.8 Å². The van der Waals surface area contributed by atoms with E-state index in [1.807, 2.05) is 6.92 Å². The molecule has 3 fully saturated rings. The van der Waals surface area contributed by atoms with Crippen molar-refractivity contribution in [2.45, 2.75) is 57.7 Å². The smallest absolute Gasteiger partial charge is 0.307 e. The SMILES string of the molecule is CC12C[C@H](O)[C@@]3(F)C(CCC4=CC(=O)C=CC43C)[C@@H]1CCC2C(=O)O. The molecule has 4 aliphatic carbocycles. The molecule has 4 unspecified atom stereocenters. The first-order valence-corrected chi connectivity index (χ1v) is 9.18. The van der Waals surface area contributed by atoms with Crippen LogP contribution >= 0.6 is 0 Å². The van der Waals surface area contributed by atoms with E-state index in [0.29, 0.717) is 25.7 Å². The number of aliphatic hydroxyl groups is 1. The maximum absolute atomic E-state index is 16.6. The van der Waals surface area contributed by atoms with E-state index in [0.717, 1.165) is 5.57 Å². The van der Waals surface area contributed by atoms with Gasteiger partial charge in [-0.2, -0.15) is 0 Å². The van der Waals surface area contributed by atoms with Crippen LogP contribution in [0.3, 0.4) is 0 Å². The van der Waals surface area contributed by atoms with Crippen molar-refractivity contribution in [1.82, 2.24) is 0 Å². The van der Waals surface area contributed by atoms with Crippen molar-refractivity contribution in [3.63, 3.8) is 0 Å². The highest BCUT2D eigenvalue weighted by Crippen LogP contribution is 2.68. The van der Waals surface area contributed by atoms with Crippen molar-refractivity contribution >= 4 is 11.8 Å². The molecule has 4 nitrogen and oxygen atoms in total. The molecule has 0 aromatic rings. The molecule has 0 spiro atoms. The minimum atomic E-state index is -1.86. The average Bonchev–Trinajstić information content (AvgIpc) is 2.87. The number of allylic oxidation sites excluding steroid dienone is 4. The molecular formula is C20H25FO4. The van der Waals surface area contributed by atoms with Crippen LogP contribution in [0, 0.1) is 28.6 Å². The fraction of sp³-hybridized carbons (Fsp3) is 0.700. The normalized spacial score (nSPS) is 51.4. The molecule has 7 atom stereocenters. The molecule has 3 saturated carbocycles. The predicted octanol–water partition coefficient (Wildman–Crippen LogP) is 3.06. The number of rotatable bonds is 1. The predicted molar refractivity (Wildman–Crippen MR) is 89.5 cm³/mol. The van der Waals surface area contributed by atoms with Crippen LogP contribution in [0.5, 0.6) is 0 Å². The summed E-state index contributed by atoms with van der Waals surface area (Å²) >= 11 is 0. The lowest BCUT2D eigenvalue weighted by Gasteiger charge is -2.61. The lowest BCUT2D eigenvalue weighted by Crippen LogP contribution is -2.66. The summed E-state index contributed by atoms with van der Waals surface area (Å²) in [6, 6.07) is 0. The fourth-order valence-corrected chi connectivity index (χ4v) is 6.61. The summed E-state index contributed by atoms with van der Waals surface area (Å²) in [7, 11) is 0. The molecule has 0 aliphatic heterocycles. The van der Waals surface area contributed by atoms with Crippen molar-refractivity contribution in [1.29, 1.82) is 0 Å². The monoisotopic (exact) mass is 348 g/mol. The molecule has 0 heterocycles. The third kappa shape index (κ3) is 1.90. The maximum atomic E-state index is 16.6. The van der Waals surface area contributed by atoms with E-state index in [9.17, 15) is 19.8 Å². The Kier molecular flexibility index (Phi) is 3.41. The van der Waals surface area contributed by atoms with Gasteiger partial charge >= 0.3 is 5.97 Å². The summed E-state index contributed by atoms with van der Waals surface area (Å²) in [5, 5.41) is 20.5. The fourth-order valence-electron chi connectivity index (χ4n) is 6.61. The third-order valence-electron chi connectivity index (χ3n) is 7.94. The van der Waals surface area contributed by atoms with Crippen LogP contribution in [0.2, 0.25) is 0 Å². The highest BCUT2D eigenvalue weighted by Gasteiger charge is 2.70. The van der Waals surface area contributed by atoms with E-state index < -0.39 is 34.5 Å². The van der Waals surface area contributed by atoms with Crippen molar-refractivity contribution in [2.75, 3.05) is 0 Å². The van der Waals surface area contributed by atoms with Gasteiger partial charge in [0.15, 0.2) is 11.5 Å². The highest BCUT2D eigenvalue weighted by molar-refractivity contribution is 6.01. The number of carbonyl (C=O) groups is 2. The van der Waals surface area contributed by atoms with Gasteiger partial charge in [0.1, 0.15) is 0 Å². The Labute approximate surface area is 146 Å². The van der Waals surface area contributed by atoms with Gasteiger partial charge in [0.2, 0.25) is 0 Å². The average molecular weight is 348 g/mol. The summed E-state index contributed by atoms with van der Waals surface area (Å²) in [4.78, 5) is 23.4. The second kappa shape index (κ2) is 5.03. The summed E-state index contributed by atoms with van der Waals surface area (Å²) < 4.78 is 16.6. The summed E-state index contributed by atoms with van der Waals surface area (Å²) in [5.41, 5.74) is -2.66. The van der Waals surface area contributed by atoms with E-state index in [2.05, 4.69) is 0 Å². The van der Waals surface area contributed by atoms with Crippen molar-refractivity contribution < 1.29 is 24.2 Å². The number of carboxylic acid groups (broad SMARTS) is 1. The Balaban J connectivity index is 1.81. The van der Waals surface area contributed by atoms with E-state index >= 15 is 4.39 Å². The number of carbonyl (C=O) groups excluding carboxylic acids is 1. The van der Waals surface area contributed by atoms with E-state index in [1.165, 1.54) is 12.2 Å². The van der Waals surface area contributed by atoms with Crippen LogP contribution in [-0.2, 0) is 9.59 Å². The topological polar surface area (TPSA) is 74.6 Å². The quantitative estimate of drug-likeness (QED) is 0.764. The van der Waals surface area contributed by atoms with Gasteiger partial charge in [0, 0.05) is 11.3 Å². The highest BCUT2D eigenvalue weighted by atomic mass is 19.1. The van der Waals surface area contributed by atoms with Gasteiger partial charge in [0.25, 0.3) is 0 Å². The molecule has 0 bridgehead atoms. The summed E-state index contributed by atoms with van der Waals surface area (Å²) in [6.07, 6.45) is 5.90. The Morgan fingerprint density at radius 3 is 2.64 bits per heavy atom. The van der Waals surface area contributed by atoms with E-state index in [-0.39, 0.29) is 24.0 Å². The third-order valence-corrected chi connectivity index (χ3v) is 7.94. The molecule has 0 amide bonds. The van der Waals surface area contributed by atoms with Crippen molar-refractivity contribution in [3.05, 3.63) is 23.8 Å². The molecule has 5 heteroatoms. The van der Waals surface area contributed by atoms with Gasteiger partial charge in [-0.1, -0.05) is 18.6 Å². The number of alkyl halides is 1. The van der Waals surface area contributed by atoms with E-state index in [1.54, 1.807) is 13.0 Å². The van der Waals surface area contributed by atoms with Crippen LogP contribution < -0.4 is 0 Å². The minimum absolute atomic E-state index is 0.0496. The van der Waals surface area contributed by atoms with E-state index in [4.69, 9.17) is 0 Å². The molecule has 0 aromatic carbocycles. The molecule has 0 saturated heterocycles. The van der Waals surface area contributed by atoms with Crippen molar-refractivity contribution in [2.24, 2.45) is 28.6 Å². The Hall–Kier alpha value is -1.49.